The minimum Gasteiger partial charge on any atom is -0.464 e. The number of esters is 1. The van der Waals surface area contributed by atoms with Crippen molar-refractivity contribution in [3.63, 3.8) is 0 Å². The van der Waals surface area contributed by atoms with E-state index in [-0.39, 0.29) is 5.97 Å². The minimum atomic E-state index is -0.708. The Kier molecular flexibility index (Phi) is 4.78. The molecule has 0 saturated heterocycles. The van der Waals surface area contributed by atoms with Gasteiger partial charge < -0.3 is 10.5 Å². The molecular weight excluding hydrogens is 202 g/mol. The molecule has 0 amide bonds. The molecule has 0 heterocycles. The van der Waals surface area contributed by atoms with Crippen LogP contribution in [0.4, 0.5) is 0 Å². The second kappa shape index (κ2) is 5.67. The minimum absolute atomic E-state index is 0.198. The number of carbonyl (C=O) groups excluding carboxylic acids is 1. The van der Waals surface area contributed by atoms with Crippen LogP contribution in [-0.4, -0.2) is 18.1 Å². The lowest BCUT2D eigenvalue weighted by Crippen LogP contribution is -2.51. The van der Waals surface area contributed by atoms with E-state index < -0.39 is 5.54 Å². The van der Waals surface area contributed by atoms with E-state index in [0.29, 0.717) is 12.5 Å². The molecule has 0 aliphatic heterocycles. The highest BCUT2D eigenvalue weighted by Crippen LogP contribution is 2.32. The number of hydrogen-bond donors (Lipinski definition) is 1. The van der Waals surface area contributed by atoms with Crippen molar-refractivity contribution in [2.75, 3.05) is 6.61 Å². The van der Waals surface area contributed by atoms with Gasteiger partial charge in [-0.3, -0.25) is 4.79 Å². The van der Waals surface area contributed by atoms with Gasteiger partial charge in [-0.1, -0.05) is 27.2 Å². The molecule has 3 heteroatoms. The molecule has 0 spiro atoms. The second-order valence-corrected chi connectivity index (χ2v) is 5.50. The number of rotatable bonds is 4. The van der Waals surface area contributed by atoms with Gasteiger partial charge in [-0.2, -0.15) is 0 Å². The van der Waals surface area contributed by atoms with Crippen LogP contribution >= 0.6 is 0 Å². The number of carbonyl (C=O) groups is 1. The molecule has 94 valence electrons. The fourth-order valence-electron chi connectivity index (χ4n) is 2.19. The molecule has 0 unspecified atom stereocenters. The van der Waals surface area contributed by atoms with Crippen LogP contribution < -0.4 is 5.73 Å². The molecule has 2 N–H and O–H groups in total. The smallest absolute Gasteiger partial charge is 0.326 e. The summed E-state index contributed by atoms with van der Waals surface area (Å²) in [7, 11) is 0. The van der Waals surface area contributed by atoms with Gasteiger partial charge in [-0.25, -0.2) is 0 Å². The number of nitrogens with two attached hydrogens (primary N) is 1. The van der Waals surface area contributed by atoms with Gasteiger partial charge in [0.2, 0.25) is 0 Å². The lowest BCUT2D eigenvalue weighted by atomic mass is 9.76. The van der Waals surface area contributed by atoms with Crippen molar-refractivity contribution < 1.29 is 9.53 Å². The van der Waals surface area contributed by atoms with Crippen molar-refractivity contribution in [2.45, 2.75) is 58.4 Å². The quantitative estimate of drug-likeness (QED) is 0.751. The van der Waals surface area contributed by atoms with E-state index in [1.54, 1.807) is 0 Å². The van der Waals surface area contributed by atoms with Gasteiger partial charge in [0, 0.05) is 0 Å². The first kappa shape index (κ1) is 13.5. The predicted molar refractivity (Wildman–Crippen MR) is 65.0 cm³/mol. The zero-order valence-corrected chi connectivity index (χ0v) is 10.8. The van der Waals surface area contributed by atoms with Gasteiger partial charge >= 0.3 is 5.97 Å². The van der Waals surface area contributed by atoms with Crippen LogP contribution in [0.5, 0.6) is 0 Å². The van der Waals surface area contributed by atoms with E-state index in [1.165, 1.54) is 6.42 Å². The Morgan fingerprint density at radius 1 is 1.44 bits per heavy atom. The maximum absolute atomic E-state index is 11.9. The fraction of sp³-hybridized carbons (Fsp3) is 0.923. The van der Waals surface area contributed by atoms with Crippen LogP contribution in [0.2, 0.25) is 0 Å². The Balaban J connectivity index is 2.43. The normalized spacial score (nSPS) is 30.4. The van der Waals surface area contributed by atoms with Crippen molar-refractivity contribution in [2.24, 2.45) is 17.6 Å². The highest BCUT2D eigenvalue weighted by Gasteiger charge is 2.39. The summed E-state index contributed by atoms with van der Waals surface area (Å²) in [6.45, 7) is 6.75. The summed E-state index contributed by atoms with van der Waals surface area (Å²) < 4.78 is 5.25. The second-order valence-electron chi connectivity index (χ2n) is 5.50. The molecule has 1 aliphatic carbocycles. The zero-order chi connectivity index (χ0) is 12.2. The topological polar surface area (TPSA) is 52.3 Å². The highest BCUT2D eigenvalue weighted by atomic mass is 16.5. The average molecular weight is 227 g/mol. The molecule has 0 aromatic heterocycles. The summed E-state index contributed by atoms with van der Waals surface area (Å²) >= 11 is 0. The summed E-state index contributed by atoms with van der Waals surface area (Å²) in [5.41, 5.74) is 5.42. The van der Waals surface area contributed by atoms with Crippen LogP contribution in [-0.2, 0) is 9.53 Å². The van der Waals surface area contributed by atoms with Crippen LogP contribution in [0.1, 0.15) is 52.9 Å². The maximum atomic E-state index is 11.9. The van der Waals surface area contributed by atoms with Crippen molar-refractivity contribution >= 4 is 5.97 Å². The highest BCUT2D eigenvalue weighted by molar-refractivity contribution is 5.80. The molecule has 0 radical (unpaired) electrons. The molecule has 0 bridgehead atoms. The molecule has 16 heavy (non-hydrogen) atoms. The molecule has 0 atom stereocenters. The van der Waals surface area contributed by atoms with Gasteiger partial charge in [0.1, 0.15) is 5.54 Å². The molecule has 1 fully saturated rings. The van der Waals surface area contributed by atoms with E-state index in [2.05, 4.69) is 6.92 Å². The summed E-state index contributed by atoms with van der Waals surface area (Å²) in [6.07, 6.45) is 4.87. The van der Waals surface area contributed by atoms with Crippen LogP contribution in [0.15, 0.2) is 0 Å². The first-order valence-corrected chi connectivity index (χ1v) is 6.44. The zero-order valence-electron chi connectivity index (χ0n) is 10.8. The maximum Gasteiger partial charge on any atom is 0.326 e. The fourth-order valence-corrected chi connectivity index (χ4v) is 2.19. The van der Waals surface area contributed by atoms with E-state index in [0.717, 1.165) is 31.6 Å². The third kappa shape index (κ3) is 3.48. The monoisotopic (exact) mass is 227 g/mol. The van der Waals surface area contributed by atoms with E-state index in [4.69, 9.17) is 10.5 Å². The van der Waals surface area contributed by atoms with Crippen LogP contribution in [0, 0.1) is 11.8 Å². The lowest BCUT2D eigenvalue weighted by Gasteiger charge is -2.34. The Morgan fingerprint density at radius 3 is 2.44 bits per heavy atom. The van der Waals surface area contributed by atoms with Crippen molar-refractivity contribution in [3.8, 4) is 0 Å². The first-order valence-electron chi connectivity index (χ1n) is 6.44. The summed E-state index contributed by atoms with van der Waals surface area (Å²) in [6, 6.07) is 0. The van der Waals surface area contributed by atoms with E-state index in [9.17, 15) is 4.79 Å². The van der Waals surface area contributed by atoms with Gasteiger partial charge in [0.25, 0.3) is 0 Å². The Morgan fingerprint density at radius 2 is 2.00 bits per heavy atom. The van der Waals surface area contributed by atoms with Gasteiger partial charge in [-0.05, 0) is 37.5 Å². The Hall–Kier alpha value is -0.570. The molecule has 1 saturated carbocycles. The summed E-state index contributed by atoms with van der Waals surface area (Å²) in [4.78, 5) is 11.9. The average Bonchev–Trinajstić information content (AvgIpc) is 2.27. The Bertz CT molecular complexity index is 230. The van der Waals surface area contributed by atoms with E-state index in [1.807, 2.05) is 13.8 Å². The number of hydrogen-bond acceptors (Lipinski definition) is 3. The van der Waals surface area contributed by atoms with E-state index >= 15 is 0 Å². The summed E-state index contributed by atoms with van der Waals surface area (Å²) in [5, 5.41) is 0. The Labute approximate surface area is 98.7 Å². The predicted octanol–water partition coefficient (Wildman–Crippen LogP) is 2.48. The molecule has 0 aromatic rings. The van der Waals surface area contributed by atoms with Gasteiger partial charge in [0.05, 0.1) is 6.61 Å². The van der Waals surface area contributed by atoms with Crippen molar-refractivity contribution in [1.82, 2.24) is 0 Å². The first-order chi connectivity index (χ1) is 7.48. The molecular formula is C13H25NO2. The lowest BCUT2D eigenvalue weighted by molar-refractivity contribution is -0.153. The molecule has 3 nitrogen and oxygen atoms in total. The molecule has 0 aromatic carbocycles. The van der Waals surface area contributed by atoms with Crippen molar-refractivity contribution in [1.29, 1.82) is 0 Å². The third-order valence-electron chi connectivity index (χ3n) is 3.53. The van der Waals surface area contributed by atoms with Gasteiger partial charge in [-0.15, -0.1) is 0 Å². The summed E-state index contributed by atoms with van der Waals surface area (Å²) in [5.74, 6) is 0.921. The van der Waals surface area contributed by atoms with Crippen LogP contribution in [0.25, 0.3) is 0 Å². The van der Waals surface area contributed by atoms with Crippen LogP contribution in [0.3, 0.4) is 0 Å². The van der Waals surface area contributed by atoms with Crippen molar-refractivity contribution in [3.05, 3.63) is 0 Å². The molecule has 1 rings (SSSR count). The molecule has 1 aliphatic rings. The van der Waals surface area contributed by atoms with Gasteiger partial charge in [0.15, 0.2) is 0 Å². The number of ether oxygens (including phenoxy) is 1. The largest absolute Gasteiger partial charge is 0.464 e. The standard InChI is InChI=1S/C13H25NO2/c1-4-11-5-7-13(14,8-6-11)12(15)16-9-10(2)3/h10-11H,4-9,14H2,1-3H3. The third-order valence-corrected chi connectivity index (χ3v) is 3.53. The SMILES string of the molecule is CCC1CCC(N)(C(=O)OCC(C)C)CC1.